The molecule has 18 nitrogen and oxygen atoms in total. The molecule has 0 radical (unpaired) electrons. The smallest absolute Gasteiger partial charge is 0.414 e. The minimum atomic E-state index is -1.22. The number of nitrogens with zero attached hydrogens (tertiary/aromatic N) is 4. The van der Waals surface area contributed by atoms with E-state index in [2.05, 4.69) is 68.0 Å². The van der Waals surface area contributed by atoms with Gasteiger partial charge in [0.15, 0.2) is 0 Å². The molecule has 0 aliphatic carbocycles. The summed E-state index contributed by atoms with van der Waals surface area (Å²) in [5.74, 6) is -2.45. The Morgan fingerprint density at radius 3 is 1.73 bits per heavy atom. The molecule has 5 N–H and O–H groups in total. The van der Waals surface area contributed by atoms with Gasteiger partial charge < -0.3 is 39.6 Å². The second-order valence-corrected chi connectivity index (χ2v) is 22.4. The molecule has 1 saturated heterocycles. The number of benzene rings is 6. The van der Waals surface area contributed by atoms with E-state index < -0.39 is 76.8 Å². The Kier molecular flexibility index (Phi) is 19.6. The summed E-state index contributed by atoms with van der Waals surface area (Å²) in [4.78, 5) is 93.9. The number of aliphatic imine (C=N–C) groups is 1. The predicted molar refractivity (Wildman–Crippen MR) is 317 cm³/mol. The highest BCUT2D eigenvalue weighted by Gasteiger charge is 2.44. The van der Waals surface area contributed by atoms with Gasteiger partial charge in [-0.3, -0.25) is 34.8 Å². The van der Waals surface area contributed by atoms with Crippen LogP contribution in [0.4, 0.5) is 9.59 Å². The molecule has 0 spiro atoms. The van der Waals surface area contributed by atoms with Gasteiger partial charge in [-0.1, -0.05) is 158 Å². The molecule has 1 aliphatic rings. The summed E-state index contributed by atoms with van der Waals surface area (Å²) in [5.41, 5.74) is 2.43. The molecule has 1 aromatic heterocycles. The van der Waals surface area contributed by atoms with Crippen LogP contribution in [0, 0.1) is 0 Å². The van der Waals surface area contributed by atoms with Crippen LogP contribution in [0.1, 0.15) is 88.4 Å². The van der Waals surface area contributed by atoms with Gasteiger partial charge in [0.25, 0.3) is 0 Å². The van der Waals surface area contributed by atoms with Crippen LogP contribution in [0.3, 0.4) is 0 Å². The van der Waals surface area contributed by atoms with Gasteiger partial charge >= 0.3 is 12.2 Å². The van der Waals surface area contributed by atoms with Crippen molar-refractivity contribution in [2.75, 3.05) is 19.6 Å². The number of imidazole rings is 1. The van der Waals surface area contributed by atoms with E-state index in [0.717, 1.165) is 38.6 Å². The van der Waals surface area contributed by atoms with Crippen molar-refractivity contribution in [1.29, 1.82) is 0 Å². The van der Waals surface area contributed by atoms with E-state index in [0.29, 0.717) is 5.69 Å². The van der Waals surface area contributed by atoms with Crippen molar-refractivity contribution in [3.63, 3.8) is 0 Å². The second-order valence-electron chi connectivity index (χ2n) is 22.4. The molecule has 6 aromatic carbocycles. The molecular weight excluding hydrogens is 1050 g/mol. The number of ether oxygens (including phenoxy) is 3. The monoisotopic (exact) mass is 1120 g/mol. The summed E-state index contributed by atoms with van der Waals surface area (Å²) in [7, 11) is 0. The highest BCUT2D eigenvalue weighted by Crippen LogP contribution is 2.41. The Balaban J connectivity index is 1.06. The van der Waals surface area contributed by atoms with E-state index in [1.807, 2.05) is 138 Å². The van der Waals surface area contributed by atoms with Crippen LogP contribution in [0.25, 0.3) is 10.8 Å². The minimum Gasteiger partial charge on any atom is -0.444 e. The zero-order valence-corrected chi connectivity index (χ0v) is 48.0. The molecule has 2 heterocycles. The van der Waals surface area contributed by atoms with Gasteiger partial charge in [-0.15, -0.1) is 0 Å². The number of nitrogens with one attached hydrogen (secondary N) is 5. The molecule has 6 amide bonds. The van der Waals surface area contributed by atoms with Crippen molar-refractivity contribution in [2.24, 2.45) is 4.99 Å². The molecule has 7 aromatic rings. The summed E-state index contributed by atoms with van der Waals surface area (Å²) >= 11 is 0. The summed E-state index contributed by atoms with van der Waals surface area (Å²) in [6, 6.07) is 50.0. The van der Waals surface area contributed by atoms with Crippen LogP contribution in [0.5, 0.6) is 0 Å². The third kappa shape index (κ3) is 16.3. The molecule has 0 bridgehead atoms. The molecular formula is C65H73N9O9. The fourth-order valence-corrected chi connectivity index (χ4v) is 10.2. The second kappa shape index (κ2) is 27.1. The van der Waals surface area contributed by atoms with Crippen molar-refractivity contribution in [2.45, 2.75) is 115 Å². The van der Waals surface area contributed by atoms with E-state index in [9.17, 15) is 24.0 Å². The number of carbonyl (C=O) groups excluding carboxylic acids is 6. The quantitative estimate of drug-likeness (QED) is 0.0225. The standard InChI is InChI=1S/C65H73N9O9/c1-44(75)69-54(38-52-40-73(43-68-52)65(49-26-14-9-15-27-49,50-28-16-10-17-29-50)51-30-18-11-19-31-51)57(76)70-55(37-45-22-12-8-13-23-45)59(78)74-41-53(81-42-46-32-33-47-24-20-21-25-48(47)36-46)39-56(74)58(77)66-34-35-67-60(71-61(79)82-63(2,3)4)72-62(80)83-64(5,6)7/h8-33,36,40,43,53-56H,34-35,37-39,41-42H2,1-7H3,(H,66,77)(H,69,75)(H,70,76)(H2,67,71,72,79,80)/t53-,54-,55-,56-/m1/s1. The molecule has 0 unspecified atom stereocenters. The highest BCUT2D eigenvalue weighted by molar-refractivity contribution is 6.01. The van der Waals surface area contributed by atoms with Gasteiger partial charge in [0.2, 0.25) is 29.6 Å². The van der Waals surface area contributed by atoms with Gasteiger partial charge in [-0.05, 0) is 86.2 Å². The highest BCUT2D eigenvalue weighted by atomic mass is 16.6. The molecule has 18 heteroatoms. The zero-order valence-electron chi connectivity index (χ0n) is 48.0. The fourth-order valence-electron chi connectivity index (χ4n) is 10.2. The lowest BCUT2D eigenvalue weighted by molar-refractivity contribution is -0.142. The van der Waals surface area contributed by atoms with Gasteiger partial charge in [0, 0.05) is 45.5 Å². The lowest BCUT2D eigenvalue weighted by atomic mass is 9.77. The number of rotatable bonds is 19. The number of alkyl carbamates (subject to hydrolysis) is 2. The maximum absolute atomic E-state index is 15.4. The summed E-state index contributed by atoms with van der Waals surface area (Å²) in [5, 5.41) is 15.7. The average Bonchev–Trinajstić information content (AvgIpc) is 4.29. The Bertz CT molecular complexity index is 3250. The first-order chi connectivity index (χ1) is 39.7. The van der Waals surface area contributed by atoms with E-state index >= 15 is 4.79 Å². The Morgan fingerprint density at radius 1 is 0.639 bits per heavy atom. The molecule has 0 saturated carbocycles. The number of fused-ring (bicyclic) bond motifs is 1. The van der Waals surface area contributed by atoms with Crippen molar-refractivity contribution in [3.05, 3.63) is 210 Å². The maximum atomic E-state index is 15.4. The van der Waals surface area contributed by atoms with E-state index in [4.69, 9.17) is 19.2 Å². The van der Waals surface area contributed by atoms with Gasteiger partial charge in [-0.2, -0.15) is 0 Å². The number of aromatic nitrogens is 2. The summed E-state index contributed by atoms with van der Waals surface area (Å²) < 4.78 is 19.3. The number of likely N-dealkylation sites (tertiary alicyclic amines) is 1. The van der Waals surface area contributed by atoms with Crippen molar-refractivity contribution in [1.82, 2.24) is 41.0 Å². The lowest BCUT2D eigenvalue weighted by Gasteiger charge is -2.37. The number of carbonyl (C=O) groups is 6. The third-order valence-electron chi connectivity index (χ3n) is 13.7. The maximum Gasteiger partial charge on any atom is 0.414 e. The predicted octanol–water partition coefficient (Wildman–Crippen LogP) is 8.36. The van der Waals surface area contributed by atoms with Crippen LogP contribution in [-0.2, 0) is 58.4 Å². The molecule has 1 aliphatic heterocycles. The largest absolute Gasteiger partial charge is 0.444 e. The van der Waals surface area contributed by atoms with Crippen molar-refractivity contribution in [3.8, 4) is 0 Å². The Labute approximate surface area is 484 Å². The summed E-state index contributed by atoms with van der Waals surface area (Å²) in [6.45, 7) is 11.4. The van der Waals surface area contributed by atoms with Crippen LogP contribution in [0.2, 0.25) is 0 Å². The average molecular weight is 1120 g/mol. The van der Waals surface area contributed by atoms with Crippen molar-refractivity contribution >= 4 is 52.5 Å². The molecule has 8 rings (SSSR count). The first-order valence-electron chi connectivity index (χ1n) is 27.8. The van der Waals surface area contributed by atoms with Gasteiger partial charge in [0.1, 0.15) is 34.9 Å². The molecule has 432 valence electrons. The van der Waals surface area contributed by atoms with E-state index in [1.165, 1.54) is 11.8 Å². The first-order valence-corrected chi connectivity index (χ1v) is 27.8. The first kappa shape index (κ1) is 59.9. The molecule has 1 fully saturated rings. The van der Waals surface area contributed by atoms with Crippen LogP contribution in [-0.4, -0.2) is 111 Å². The van der Waals surface area contributed by atoms with Gasteiger partial charge in [0.05, 0.1) is 31.3 Å². The zero-order chi connectivity index (χ0) is 59.2. The minimum absolute atomic E-state index is 0.00608. The SMILES string of the molecule is CC(=O)N[C@H](Cc1cn(C(c2ccccc2)(c2ccccc2)c2ccccc2)cn1)C(=O)N[C@H](Cc1ccccc1)C(=O)N1C[C@H](OCc2ccc3ccccc3c2)C[C@@H]1C(=O)NCCN=C(NC(=O)OC(C)(C)C)NC(=O)OC(C)(C)C. The lowest BCUT2D eigenvalue weighted by Crippen LogP contribution is -2.57. The third-order valence-corrected chi connectivity index (χ3v) is 13.7. The fraction of sp³-hybridized carbons (Fsp3) is 0.323. The normalized spacial score (nSPS) is 15.0. The van der Waals surface area contributed by atoms with E-state index in [-0.39, 0.29) is 51.5 Å². The Morgan fingerprint density at radius 2 is 1.18 bits per heavy atom. The molecule has 4 atom stereocenters. The van der Waals surface area contributed by atoms with E-state index in [1.54, 1.807) is 47.9 Å². The topological polar surface area (TPSA) is 224 Å². The van der Waals surface area contributed by atoms with Crippen LogP contribution in [0.15, 0.2) is 181 Å². The number of hydrogen-bond acceptors (Lipinski definition) is 11. The number of amides is 6. The summed E-state index contributed by atoms with van der Waals surface area (Å²) in [6.07, 6.45) is 1.37. The van der Waals surface area contributed by atoms with Crippen molar-refractivity contribution < 1.29 is 43.0 Å². The van der Waals surface area contributed by atoms with Crippen LogP contribution >= 0.6 is 0 Å². The number of guanidine groups is 1. The Hall–Kier alpha value is -9.16. The van der Waals surface area contributed by atoms with Gasteiger partial charge in [-0.25, -0.2) is 14.6 Å². The van der Waals surface area contributed by atoms with Crippen LogP contribution < -0.4 is 26.6 Å². The molecule has 83 heavy (non-hydrogen) atoms. The number of hydrogen-bond donors (Lipinski definition) is 5.